The third kappa shape index (κ3) is 4.94. The van der Waals surface area contributed by atoms with Gasteiger partial charge >= 0.3 is 0 Å². The first kappa shape index (κ1) is 15.6. The van der Waals surface area contributed by atoms with Gasteiger partial charge in [0.15, 0.2) is 0 Å². The van der Waals surface area contributed by atoms with Crippen molar-refractivity contribution in [2.45, 2.75) is 18.9 Å². The van der Waals surface area contributed by atoms with Crippen molar-refractivity contribution in [3.8, 4) is 0 Å². The molecule has 0 saturated carbocycles. The van der Waals surface area contributed by atoms with Gasteiger partial charge in [-0.05, 0) is 24.1 Å². The van der Waals surface area contributed by atoms with Gasteiger partial charge in [-0.2, -0.15) is 0 Å². The molecule has 20 heavy (non-hydrogen) atoms. The van der Waals surface area contributed by atoms with Gasteiger partial charge in [-0.3, -0.25) is 4.79 Å². The number of hydrogen-bond donors (Lipinski definition) is 2. The van der Waals surface area contributed by atoms with Gasteiger partial charge in [-0.25, -0.2) is 0 Å². The molecule has 1 aliphatic rings. The van der Waals surface area contributed by atoms with Crippen molar-refractivity contribution in [3.63, 3.8) is 0 Å². The van der Waals surface area contributed by atoms with Gasteiger partial charge in [0.2, 0.25) is 5.91 Å². The Labute approximate surface area is 128 Å². The number of morpholine rings is 1. The molecule has 2 N–H and O–H groups in total. The Morgan fingerprint density at radius 2 is 2.30 bits per heavy atom. The van der Waals surface area contributed by atoms with Crippen LogP contribution in [0.25, 0.3) is 0 Å². The average Bonchev–Trinajstić information content (AvgIpc) is 2.42. The molecule has 1 saturated heterocycles. The number of carbonyl (C=O) groups is 1. The van der Waals surface area contributed by atoms with E-state index in [2.05, 4.69) is 10.6 Å². The standard InChI is InChI=1S/C14H18Cl2N2O2/c15-11-2-1-10(13(16)7-11)3-4-18-14(19)8-12-9-20-6-5-17-12/h1-2,7,12,17H,3-6,8-9H2,(H,18,19)/t12-/m1/s1. The van der Waals surface area contributed by atoms with E-state index in [1.165, 1.54) is 0 Å². The molecule has 0 aromatic heterocycles. The zero-order valence-electron chi connectivity index (χ0n) is 11.1. The summed E-state index contributed by atoms with van der Waals surface area (Å²) in [5.74, 6) is 0.0260. The molecule has 1 aromatic carbocycles. The molecule has 110 valence electrons. The largest absolute Gasteiger partial charge is 0.378 e. The quantitative estimate of drug-likeness (QED) is 0.874. The van der Waals surface area contributed by atoms with Crippen molar-refractivity contribution >= 4 is 29.1 Å². The second-order valence-electron chi connectivity index (χ2n) is 4.77. The Bertz CT molecular complexity index is 462. The van der Waals surface area contributed by atoms with Crippen molar-refractivity contribution < 1.29 is 9.53 Å². The third-order valence-electron chi connectivity index (χ3n) is 3.16. The number of nitrogens with one attached hydrogen (secondary N) is 2. The number of amides is 1. The van der Waals surface area contributed by atoms with Crippen LogP contribution in [0.4, 0.5) is 0 Å². The van der Waals surface area contributed by atoms with Crippen molar-refractivity contribution in [2.75, 3.05) is 26.3 Å². The van der Waals surface area contributed by atoms with Crippen LogP contribution in [0, 0.1) is 0 Å². The Morgan fingerprint density at radius 1 is 1.45 bits per heavy atom. The number of rotatable bonds is 5. The SMILES string of the molecule is O=C(C[C@@H]1COCCN1)NCCc1ccc(Cl)cc1Cl. The molecule has 0 aliphatic carbocycles. The summed E-state index contributed by atoms with van der Waals surface area (Å²) < 4.78 is 5.31. The molecule has 1 atom stereocenters. The second kappa shape index (κ2) is 7.84. The van der Waals surface area contributed by atoms with Crippen LogP contribution in [-0.4, -0.2) is 38.3 Å². The molecule has 1 heterocycles. The molecule has 0 unspecified atom stereocenters. The number of hydrogen-bond acceptors (Lipinski definition) is 3. The first-order valence-electron chi connectivity index (χ1n) is 6.67. The number of ether oxygens (including phenoxy) is 1. The van der Waals surface area contributed by atoms with Gasteiger partial charge in [-0.1, -0.05) is 29.3 Å². The highest BCUT2D eigenvalue weighted by Crippen LogP contribution is 2.21. The van der Waals surface area contributed by atoms with Gasteiger partial charge in [0.05, 0.1) is 13.2 Å². The number of halogens is 2. The summed E-state index contributed by atoms with van der Waals surface area (Å²) in [5.41, 5.74) is 0.982. The lowest BCUT2D eigenvalue weighted by Crippen LogP contribution is -2.44. The molecule has 1 amide bonds. The molecule has 6 heteroatoms. The van der Waals surface area contributed by atoms with Gasteiger partial charge in [0.1, 0.15) is 0 Å². The first-order chi connectivity index (χ1) is 9.65. The predicted octanol–water partition coefficient (Wildman–Crippen LogP) is 2.03. The van der Waals surface area contributed by atoms with Crippen molar-refractivity contribution in [3.05, 3.63) is 33.8 Å². The Kier molecular flexibility index (Phi) is 6.10. The van der Waals surface area contributed by atoms with E-state index in [4.69, 9.17) is 27.9 Å². The van der Waals surface area contributed by atoms with Crippen molar-refractivity contribution in [1.29, 1.82) is 0 Å². The third-order valence-corrected chi connectivity index (χ3v) is 3.75. The maximum atomic E-state index is 11.8. The van der Waals surface area contributed by atoms with E-state index in [-0.39, 0.29) is 11.9 Å². The van der Waals surface area contributed by atoms with Crippen LogP contribution in [0.3, 0.4) is 0 Å². The Morgan fingerprint density at radius 3 is 3.00 bits per heavy atom. The maximum Gasteiger partial charge on any atom is 0.221 e. The molecule has 1 aromatic rings. The summed E-state index contributed by atoms with van der Waals surface area (Å²) in [6.07, 6.45) is 1.13. The maximum absolute atomic E-state index is 11.8. The fourth-order valence-electron chi connectivity index (χ4n) is 2.11. The highest BCUT2D eigenvalue weighted by molar-refractivity contribution is 6.35. The first-order valence-corrected chi connectivity index (χ1v) is 7.42. The smallest absolute Gasteiger partial charge is 0.221 e. The van der Waals surface area contributed by atoms with Crippen LogP contribution in [0.15, 0.2) is 18.2 Å². The average molecular weight is 317 g/mol. The van der Waals surface area contributed by atoms with Crippen molar-refractivity contribution in [2.24, 2.45) is 0 Å². The molecule has 0 bridgehead atoms. The second-order valence-corrected chi connectivity index (χ2v) is 5.61. The summed E-state index contributed by atoms with van der Waals surface area (Å²) in [6, 6.07) is 5.51. The van der Waals surface area contributed by atoms with Gasteiger partial charge in [0.25, 0.3) is 0 Å². The van der Waals surface area contributed by atoms with Crippen LogP contribution in [0.2, 0.25) is 10.0 Å². The minimum atomic E-state index is 0.0260. The summed E-state index contributed by atoms with van der Waals surface area (Å²) in [7, 11) is 0. The monoisotopic (exact) mass is 316 g/mol. The Hall–Kier alpha value is -0.810. The molecular formula is C14H18Cl2N2O2. The lowest BCUT2D eigenvalue weighted by molar-refractivity contribution is -0.122. The van der Waals surface area contributed by atoms with E-state index >= 15 is 0 Å². The predicted molar refractivity (Wildman–Crippen MR) is 80.4 cm³/mol. The highest BCUT2D eigenvalue weighted by Gasteiger charge is 2.16. The molecule has 0 radical (unpaired) electrons. The molecule has 1 fully saturated rings. The zero-order chi connectivity index (χ0) is 14.4. The zero-order valence-corrected chi connectivity index (χ0v) is 12.6. The van der Waals surface area contributed by atoms with E-state index < -0.39 is 0 Å². The lowest BCUT2D eigenvalue weighted by Gasteiger charge is -2.23. The van der Waals surface area contributed by atoms with Gasteiger partial charge in [0, 0.05) is 35.6 Å². The van der Waals surface area contributed by atoms with E-state index in [0.717, 1.165) is 12.1 Å². The molecule has 0 spiro atoms. The van der Waals surface area contributed by atoms with Gasteiger partial charge in [-0.15, -0.1) is 0 Å². The minimum absolute atomic E-state index is 0.0260. The summed E-state index contributed by atoms with van der Waals surface area (Å²) >= 11 is 11.9. The van der Waals surface area contributed by atoms with E-state index in [1.54, 1.807) is 12.1 Å². The molecular weight excluding hydrogens is 299 g/mol. The molecule has 1 aliphatic heterocycles. The Balaban J connectivity index is 1.70. The highest BCUT2D eigenvalue weighted by atomic mass is 35.5. The fraction of sp³-hybridized carbons (Fsp3) is 0.500. The number of carbonyl (C=O) groups excluding carboxylic acids is 1. The van der Waals surface area contributed by atoms with Gasteiger partial charge < -0.3 is 15.4 Å². The topological polar surface area (TPSA) is 50.4 Å². The van der Waals surface area contributed by atoms with Crippen LogP contribution in [-0.2, 0) is 16.0 Å². The summed E-state index contributed by atoms with van der Waals surface area (Å²) in [6.45, 7) is 2.68. The van der Waals surface area contributed by atoms with E-state index in [0.29, 0.717) is 42.6 Å². The molecule has 2 rings (SSSR count). The fourth-order valence-corrected chi connectivity index (χ4v) is 2.61. The van der Waals surface area contributed by atoms with Crippen LogP contribution in [0.5, 0.6) is 0 Å². The van der Waals surface area contributed by atoms with E-state index in [9.17, 15) is 4.79 Å². The number of benzene rings is 1. The lowest BCUT2D eigenvalue weighted by atomic mass is 10.1. The summed E-state index contributed by atoms with van der Waals surface area (Å²) in [5, 5.41) is 7.40. The summed E-state index contributed by atoms with van der Waals surface area (Å²) in [4.78, 5) is 11.8. The van der Waals surface area contributed by atoms with Crippen LogP contribution in [0.1, 0.15) is 12.0 Å². The van der Waals surface area contributed by atoms with E-state index in [1.807, 2.05) is 6.07 Å². The van der Waals surface area contributed by atoms with Crippen LogP contribution >= 0.6 is 23.2 Å². The van der Waals surface area contributed by atoms with Crippen molar-refractivity contribution in [1.82, 2.24) is 10.6 Å². The molecule has 4 nitrogen and oxygen atoms in total. The minimum Gasteiger partial charge on any atom is -0.378 e. The normalized spacial score (nSPS) is 18.8. The van der Waals surface area contributed by atoms with Crippen LogP contribution < -0.4 is 10.6 Å².